The minimum atomic E-state index is 0.790. The fourth-order valence-electron chi connectivity index (χ4n) is 2.90. The van der Waals surface area contributed by atoms with Crippen LogP contribution in [0.2, 0.25) is 0 Å². The number of benzene rings is 3. The molecular formula is C20H17N3OS. The van der Waals surface area contributed by atoms with Crippen LogP contribution < -0.4 is 9.54 Å². The molecule has 0 aliphatic heterocycles. The van der Waals surface area contributed by atoms with E-state index in [-0.39, 0.29) is 0 Å². The molecular weight excluding hydrogens is 330 g/mol. The van der Waals surface area contributed by atoms with Gasteiger partial charge in [0.05, 0.1) is 23.5 Å². The summed E-state index contributed by atoms with van der Waals surface area (Å²) in [4.78, 5) is 0.858. The van der Waals surface area contributed by atoms with E-state index >= 15 is 0 Å². The predicted molar refractivity (Wildman–Crippen MR) is 104 cm³/mol. The van der Waals surface area contributed by atoms with Gasteiger partial charge in [0, 0.05) is 12.6 Å². The Morgan fingerprint density at radius 3 is 2.64 bits per heavy atom. The van der Waals surface area contributed by atoms with E-state index in [1.165, 1.54) is 4.70 Å². The summed E-state index contributed by atoms with van der Waals surface area (Å²) in [6, 6.07) is 20.4. The van der Waals surface area contributed by atoms with Crippen LogP contribution in [0.1, 0.15) is 5.56 Å². The minimum absolute atomic E-state index is 0.790. The molecule has 3 aromatic carbocycles. The summed E-state index contributed by atoms with van der Waals surface area (Å²) in [7, 11) is 3.68. The van der Waals surface area contributed by atoms with Gasteiger partial charge in [-0.25, -0.2) is 0 Å². The maximum atomic E-state index is 5.49. The molecule has 4 nitrogen and oxygen atoms in total. The Kier molecular flexibility index (Phi) is 4.07. The van der Waals surface area contributed by atoms with Gasteiger partial charge >= 0.3 is 0 Å². The SMILES string of the molecule is COc1ccc2ccccc2c1C=NN=c1sc2ccccc2n1C. The Morgan fingerprint density at radius 2 is 1.80 bits per heavy atom. The van der Waals surface area contributed by atoms with Crippen LogP contribution in [0, 0.1) is 0 Å². The van der Waals surface area contributed by atoms with E-state index in [2.05, 4.69) is 45.1 Å². The number of aromatic nitrogens is 1. The van der Waals surface area contributed by atoms with Gasteiger partial charge in [0.1, 0.15) is 5.75 Å². The number of thiazole rings is 1. The molecule has 1 heterocycles. The Bertz CT molecular complexity index is 1150. The lowest BCUT2D eigenvalue weighted by Crippen LogP contribution is -2.08. The Hall–Kier alpha value is -2.92. The van der Waals surface area contributed by atoms with Gasteiger partial charge in [0.25, 0.3) is 0 Å². The number of nitrogens with zero attached hydrogens (tertiary/aromatic N) is 3. The van der Waals surface area contributed by atoms with Crippen molar-refractivity contribution in [3.05, 3.63) is 71.0 Å². The molecule has 0 atom stereocenters. The van der Waals surface area contributed by atoms with E-state index in [1.54, 1.807) is 24.7 Å². The van der Waals surface area contributed by atoms with Crippen molar-refractivity contribution in [2.75, 3.05) is 7.11 Å². The van der Waals surface area contributed by atoms with Crippen molar-refractivity contribution in [3.8, 4) is 5.75 Å². The molecule has 4 rings (SSSR count). The zero-order valence-corrected chi connectivity index (χ0v) is 14.8. The molecule has 0 aliphatic carbocycles. The van der Waals surface area contributed by atoms with Crippen molar-refractivity contribution >= 4 is 38.5 Å². The number of methoxy groups -OCH3 is 1. The number of hydrogen-bond acceptors (Lipinski definition) is 4. The third-order valence-electron chi connectivity index (χ3n) is 4.20. The van der Waals surface area contributed by atoms with Crippen LogP contribution in [0.3, 0.4) is 0 Å². The van der Waals surface area contributed by atoms with Gasteiger partial charge in [0.15, 0.2) is 0 Å². The number of fused-ring (bicyclic) bond motifs is 2. The van der Waals surface area contributed by atoms with Crippen molar-refractivity contribution in [1.82, 2.24) is 4.57 Å². The van der Waals surface area contributed by atoms with E-state index in [9.17, 15) is 0 Å². The van der Waals surface area contributed by atoms with Crippen LogP contribution in [0.4, 0.5) is 0 Å². The average molecular weight is 347 g/mol. The average Bonchev–Trinajstić information content (AvgIpc) is 2.98. The standard InChI is InChI=1S/C20H17N3OS/c1-23-17-9-5-6-10-19(17)25-20(23)22-21-13-16-15-8-4-3-7-14(15)11-12-18(16)24-2/h3-13H,1-2H3. The molecule has 124 valence electrons. The Morgan fingerprint density at radius 1 is 1.00 bits per heavy atom. The molecule has 0 saturated heterocycles. The molecule has 0 radical (unpaired) electrons. The maximum Gasteiger partial charge on any atom is 0.211 e. The molecule has 0 aliphatic rings. The van der Waals surface area contributed by atoms with Crippen LogP contribution >= 0.6 is 11.3 Å². The molecule has 0 saturated carbocycles. The second-order valence-corrected chi connectivity index (χ2v) is 6.67. The lowest BCUT2D eigenvalue weighted by Gasteiger charge is -2.07. The topological polar surface area (TPSA) is 38.9 Å². The van der Waals surface area contributed by atoms with Gasteiger partial charge in [-0.15, -0.1) is 5.10 Å². The van der Waals surface area contributed by atoms with Gasteiger partial charge in [-0.3, -0.25) is 0 Å². The number of para-hydroxylation sites is 1. The summed E-state index contributed by atoms with van der Waals surface area (Å²) in [6.45, 7) is 0. The molecule has 0 fully saturated rings. The number of aryl methyl sites for hydroxylation is 1. The predicted octanol–water partition coefficient (Wildman–Crippen LogP) is 4.34. The van der Waals surface area contributed by atoms with Crippen molar-refractivity contribution in [3.63, 3.8) is 0 Å². The summed E-state index contributed by atoms with van der Waals surface area (Å²) < 4.78 is 8.74. The monoisotopic (exact) mass is 347 g/mol. The third kappa shape index (κ3) is 2.83. The van der Waals surface area contributed by atoms with Crippen molar-refractivity contribution in [2.45, 2.75) is 0 Å². The van der Waals surface area contributed by atoms with E-state index in [0.717, 1.165) is 32.4 Å². The van der Waals surface area contributed by atoms with E-state index in [4.69, 9.17) is 4.74 Å². The molecule has 1 aromatic heterocycles. The van der Waals surface area contributed by atoms with Crippen LogP contribution in [0.5, 0.6) is 5.75 Å². The summed E-state index contributed by atoms with van der Waals surface area (Å²) >= 11 is 1.62. The first kappa shape index (κ1) is 15.6. The zero-order chi connectivity index (χ0) is 17.2. The minimum Gasteiger partial charge on any atom is -0.496 e. The summed E-state index contributed by atoms with van der Waals surface area (Å²) in [5.41, 5.74) is 2.09. The fourth-order valence-corrected chi connectivity index (χ4v) is 3.88. The summed E-state index contributed by atoms with van der Waals surface area (Å²) in [5, 5.41) is 11.0. The quantitative estimate of drug-likeness (QED) is 0.401. The second-order valence-electron chi connectivity index (χ2n) is 5.66. The number of rotatable bonds is 3. The smallest absolute Gasteiger partial charge is 0.211 e. The highest BCUT2D eigenvalue weighted by Crippen LogP contribution is 2.26. The number of ether oxygens (including phenoxy) is 1. The first-order valence-electron chi connectivity index (χ1n) is 7.95. The summed E-state index contributed by atoms with van der Waals surface area (Å²) in [6.07, 6.45) is 1.77. The molecule has 5 heteroatoms. The van der Waals surface area contributed by atoms with Crippen molar-refractivity contribution in [2.24, 2.45) is 17.3 Å². The summed E-state index contributed by atoms with van der Waals surface area (Å²) in [5.74, 6) is 0.790. The maximum absolute atomic E-state index is 5.49. The van der Waals surface area contributed by atoms with Crippen LogP contribution in [-0.4, -0.2) is 17.9 Å². The van der Waals surface area contributed by atoms with E-state index in [0.29, 0.717) is 0 Å². The third-order valence-corrected chi connectivity index (χ3v) is 5.30. The number of hydrogen-bond donors (Lipinski definition) is 0. The first-order valence-corrected chi connectivity index (χ1v) is 8.77. The Labute approximate surface area is 149 Å². The van der Waals surface area contributed by atoms with Gasteiger partial charge < -0.3 is 9.30 Å². The lowest BCUT2D eigenvalue weighted by molar-refractivity contribution is 0.415. The van der Waals surface area contributed by atoms with Crippen LogP contribution in [-0.2, 0) is 7.05 Å². The first-order chi connectivity index (χ1) is 12.3. The van der Waals surface area contributed by atoms with Gasteiger partial charge in [-0.05, 0) is 29.0 Å². The van der Waals surface area contributed by atoms with Gasteiger partial charge in [-0.1, -0.05) is 53.8 Å². The molecule has 25 heavy (non-hydrogen) atoms. The largest absolute Gasteiger partial charge is 0.496 e. The zero-order valence-electron chi connectivity index (χ0n) is 14.0. The highest BCUT2D eigenvalue weighted by Gasteiger charge is 2.06. The van der Waals surface area contributed by atoms with Crippen LogP contribution in [0.15, 0.2) is 70.9 Å². The molecule has 0 spiro atoms. The van der Waals surface area contributed by atoms with Crippen LogP contribution in [0.25, 0.3) is 21.0 Å². The molecule has 4 aromatic rings. The second kappa shape index (κ2) is 6.53. The fraction of sp³-hybridized carbons (Fsp3) is 0.100. The van der Waals surface area contributed by atoms with E-state index < -0.39 is 0 Å². The van der Waals surface area contributed by atoms with E-state index in [1.807, 2.05) is 37.4 Å². The van der Waals surface area contributed by atoms with Crippen molar-refractivity contribution in [1.29, 1.82) is 0 Å². The highest BCUT2D eigenvalue weighted by atomic mass is 32.1. The molecule has 0 amide bonds. The molecule has 0 unspecified atom stereocenters. The van der Waals surface area contributed by atoms with Gasteiger partial charge in [0.2, 0.25) is 4.80 Å². The lowest BCUT2D eigenvalue weighted by atomic mass is 10.0. The highest BCUT2D eigenvalue weighted by molar-refractivity contribution is 7.16. The Balaban J connectivity index is 1.81. The molecule has 0 N–H and O–H groups in total. The van der Waals surface area contributed by atoms with Gasteiger partial charge in [-0.2, -0.15) is 5.10 Å². The molecule has 0 bridgehead atoms. The van der Waals surface area contributed by atoms with Crippen molar-refractivity contribution < 1.29 is 4.74 Å². The normalized spacial score (nSPS) is 12.5.